The van der Waals surface area contributed by atoms with Crippen LogP contribution in [-0.4, -0.2) is 35.3 Å². The number of hydrogen-bond donors (Lipinski definition) is 2. The van der Waals surface area contributed by atoms with Gasteiger partial charge in [-0.15, -0.1) is 0 Å². The van der Waals surface area contributed by atoms with Gasteiger partial charge in [0.25, 0.3) is 0 Å². The number of ether oxygens (including phenoxy) is 2. The lowest BCUT2D eigenvalue weighted by molar-refractivity contribution is -0.125. The van der Waals surface area contributed by atoms with E-state index in [0.29, 0.717) is 19.6 Å². The minimum atomic E-state index is -0.879. The molecule has 2 N–H and O–H groups in total. The van der Waals surface area contributed by atoms with Gasteiger partial charge in [0.15, 0.2) is 6.29 Å². The Kier molecular flexibility index (Phi) is 4.72. The van der Waals surface area contributed by atoms with Gasteiger partial charge in [-0.25, -0.2) is 0 Å². The Morgan fingerprint density at radius 3 is 2.56 bits per heavy atom. The lowest BCUT2D eigenvalue weighted by atomic mass is 9.98. The van der Waals surface area contributed by atoms with E-state index in [1.165, 1.54) is 0 Å². The van der Waals surface area contributed by atoms with Crippen molar-refractivity contribution in [2.24, 2.45) is 5.92 Å². The molecule has 4 nitrogen and oxygen atoms in total. The van der Waals surface area contributed by atoms with Gasteiger partial charge >= 0.3 is 0 Å². The molecule has 100 valence electrons. The lowest BCUT2D eigenvalue weighted by Gasteiger charge is -2.16. The maximum Gasteiger partial charge on any atom is 0.160 e. The molecule has 1 aromatic carbocycles. The number of hydrogen-bond acceptors (Lipinski definition) is 4. The van der Waals surface area contributed by atoms with Gasteiger partial charge in [-0.2, -0.15) is 0 Å². The van der Waals surface area contributed by atoms with Crippen LogP contribution in [0, 0.1) is 5.92 Å². The highest BCUT2D eigenvalue weighted by molar-refractivity contribution is 5.13. The van der Waals surface area contributed by atoms with Crippen LogP contribution in [0.25, 0.3) is 0 Å². The zero-order valence-corrected chi connectivity index (χ0v) is 10.5. The number of aliphatic hydroxyl groups is 2. The molecule has 1 fully saturated rings. The molecule has 0 radical (unpaired) electrons. The quantitative estimate of drug-likeness (QED) is 0.829. The van der Waals surface area contributed by atoms with E-state index in [-0.39, 0.29) is 5.92 Å². The summed E-state index contributed by atoms with van der Waals surface area (Å²) in [7, 11) is 0. The molecule has 1 heterocycles. The van der Waals surface area contributed by atoms with Gasteiger partial charge < -0.3 is 19.7 Å². The normalized spacial score (nSPS) is 31.7. The van der Waals surface area contributed by atoms with Gasteiger partial charge in [0.05, 0.1) is 19.3 Å². The minimum absolute atomic E-state index is 0.213. The Morgan fingerprint density at radius 1 is 1.22 bits per heavy atom. The predicted octanol–water partition coefficient (Wildman–Crippen LogP) is 1.31. The Hall–Kier alpha value is -0.940. The van der Waals surface area contributed by atoms with E-state index >= 15 is 0 Å². The summed E-state index contributed by atoms with van der Waals surface area (Å²) < 4.78 is 10.8. The first kappa shape index (κ1) is 13.5. The van der Waals surface area contributed by atoms with Gasteiger partial charge in [0.1, 0.15) is 6.10 Å². The van der Waals surface area contributed by atoms with Crippen molar-refractivity contribution in [3.63, 3.8) is 0 Å². The Labute approximate surface area is 107 Å². The average Bonchev–Trinajstić information content (AvgIpc) is 2.65. The highest BCUT2D eigenvalue weighted by Gasteiger charge is 2.41. The van der Waals surface area contributed by atoms with E-state index in [1.54, 1.807) is 0 Å². The molecule has 2 rings (SSSR count). The Bertz CT molecular complexity index is 354. The third-order valence-corrected chi connectivity index (χ3v) is 3.37. The van der Waals surface area contributed by atoms with Crippen molar-refractivity contribution in [3.8, 4) is 0 Å². The molecule has 0 aliphatic carbocycles. The Morgan fingerprint density at radius 2 is 1.94 bits per heavy atom. The summed E-state index contributed by atoms with van der Waals surface area (Å²) >= 11 is 0. The molecule has 1 saturated heterocycles. The third-order valence-electron chi connectivity index (χ3n) is 3.37. The van der Waals surface area contributed by atoms with Crippen LogP contribution in [-0.2, 0) is 16.1 Å². The molecule has 18 heavy (non-hydrogen) atoms. The third kappa shape index (κ3) is 3.09. The van der Waals surface area contributed by atoms with E-state index in [2.05, 4.69) is 0 Å². The first-order valence-electron chi connectivity index (χ1n) is 6.35. The highest BCUT2D eigenvalue weighted by atomic mass is 16.6. The van der Waals surface area contributed by atoms with E-state index in [4.69, 9.17) is 9.47 Å². The fourth-order valence-corrected chi connectivity index (χ4v) is 2.25. The highest BCUT2D eigenvalue weighted by Crippen LogP contribution is 2.28. The molecular weight excluding hydrogens is 232 g/mol. The standard InChI is InChI=1S/C14H20O4/c1-2-11-13(15)12(18-14(11)16)9-17-8-10-6-4-3-5-7-10/h3-7,11-16H,2,8-9H2,1H3/t11-,12+,13-,14+/m0/s1. The van der Waals surface area contributed by atoms with Crippen LogP contribution in [0.15, 0.2) is 30.3 Å². The second-order valence-corrected chi connectivity index (χ2v) is 4.63. The van der Waals surface area contributed by atoms with Gasteiger partial charge in [-0.3, -0.25) is 0 Å². The van der Waals surface area contributed by atoms with Crippen molar-refractivity contribution in [2.75, 3.05) is 6.61 Å². The predicted molar refractivity (Wildman–Crippen MR) is 66.8 cm³/mol. The summed E-state index contributed by atoms with van der Waals surface area (Å²) in [6.07, 6.45) is -1.28. The van der Waals surface area contributed by atoms with Crippen molar-refractivity contribution >= 4 is 0 Å². The van der Waals surface area contributed by atoms with Crippen LogP contribution in [0.4, 0.5) is 0 Å². The second kappa shape index (κ2) is 6.29. The monoisotopic (exact) mass is 252 g/mol. The van der Waals surface area contributed by atoms with Crippen LogP contribution in [0.3, 0.4) is 0 Å². The molecule has 0 amide bonds. The molecule has 0 bridgehead atoms. The fraction of sp³-hybridized carbons (Fsp3) is 0.571. The zero-order chi connectivity index (χ0) is 13.0. The summed E-state index contributed by atoms with van der Waals surface area (Å²) in [5.74, 6) is -0.213. The SMILES string of the molecule is CC[C@H]1[C@H](O)[C@@H](COCc2ccccc2)O[C@H]1O. The van der Waals surface area contributed by atoms with Gasteiger partial charge in [-0.1, -0.05) is 37.3 Å². The smallest absolute Gasteiger partial charge is 0.160 e. The average molecular weight is 252 g/mol. The van der Waals surface area contributed by atoms with Crippen molar-refractivity contribution in [1.82, 2.24) is 0 Å². The van der Waals surface area contributed by atoms with Crippen molar-refractivity contribution < 1.29 is 19.7 Å². The van der Waals surface area contributed by atoms with Crippen molar-refractivity contribution in [2.45, 2.75) is 38.4 Å². The summed E-state index contributed by atoms with van der Waals surface area (Å²) in [4.78, 5) is 0. The van der Waals surface area contributed by atoms with Gasteiger partial charge in [0.2, 0.25) is 0 Å². The van der Waals surface area contributed by atoms with Gasteiger partial charge in [-0.05, 0) is 12.0 Å². The van der Waals surface area contributed by atoms with Crippen LogP contribution >= 0.6 is 0 Å². The summed E-state index contributed by atoms with van der Waals surface area (Å²) in [6.45, 7) is 2.71. The largest absolute Gasteiger partial charge is 0.390 e. The number of aliphatic hydroxyl groups excluding tert-OH is 2. The van der Waals surface area contributed by atoms with Crippen LogP contribution in [0.1, 0.15) is 18.9 Å². The van der Waals surface area contributed by atoms with E-state index in [9.17, 15) is 10.2 Å². The van der Waals surface area contributed by atoms with E-state index in [0.717, 1.165) is 5.56 Å². The molecule has 0 aromatic heterocycles. The van der Waals surface area contributed by atoms with E-state index < -0.39 is 18.5 Å². The molecule has 4 atom stereocenters. The number of benzene rings is 1. The molecule has 4 heteroatoms. The second-order valence-electron chi connectivity index (χ2n) is 4.63. The summed E-state index contributed by atoms with van der Waals surface area (Å²) in [5.41, 5.74) is 1.08. The first-order valence-corrected chi connectivity index (χ1v) is 6.35. The molecule has 1 aliphatic rings. The molecule has 0 unspecified atom stereocenters. The van der Waals surface area contributed by atoms with E-state index in [1.807, 2.05) is 37.3 Å². The lowest BCUT2D eigenvalue weighted by Crippen LogP contribution is -2.30. The topological polar surface area (TPSA) is 58.9 Å². The van der Waals surface area contributed by atoms with Crippen LogP contribution in [0.5, 0.6) is 0 Å². The fourth-order valence-electron chi connectivity index (χ4n) is 2.25. The maximum atomic E-state index is 9.95. The summed E-state index contributed by atoms with van der Waals surface area (Å²) in [6, 6.07) is 9.83. The minimum Gasteiger partial charge on any atom is -0.390 e. The molecule has 1 aliphatic heterocycles. The van der Waals surface area contributed by atoms with Crippen LogP contribution < -0.4 is 0 Å². The molecule has 0 saturated carbocycles. The number of rotatable bonds is 5. The Balaban J connectivity index is 1.78. The summed E-state index contributed by atoms with van der Waals surface area (Å²) in [5, 5.41) is 19.6. The van der Waals surface area contributed by atoms with Crippen molar-refractivity contribution in [1.29, 1.82) is 0 Å². The maximum absolute atomic E-state index is 9.95. The molecule has 0 spiro atoms. The zero-order valence-electron chi connectivity index (χ0n) is 10.5. The first-order chi connectivity index (χ1) is 8.72. The van der Waals surface area contributed by atoms with Crippen LogP contribution in [0.2, 0.25) is 0 Å². The molecular formula is C14H20O4. The van der Waals surface area contributed by atoms with Crippen molar-refractivity contribution in [3.05, 3.63) is 35.9 Å². The molecule has 1 aromatic rings. The van der Waals surface area contributed by atoms with Gasteiger partial charge in [0, 0.05) is 5.92 Å².